The van der Waals surface area contributed by atoms with Crippen LogP contribution in [0.1, 0.15) is 13.3 Å². The molecule has 2 atom stereocenters. The molecule has 4 nitrogen and oxygen atoms in total. The summed E-state index contributed by atoms with van der Waals surface area (Å²) in [5, 5.41) is 22.7. The third-order valence-electron chi connectivity index (χ3n) is 2.45. The molecule has 0 amide bonds. The predicted molar refractivity (Wildman–Crippen MR) is 77.1 cm³/mol. The first-order valence-corrected chi connectivity index (χ1v) is 6.89. The molecule has 0 radical (unpaired) electrons. The molecule has 0 bridgehead atoms. The molecule has 0 aliphatic heterocycles. The van der Waals surface area contributed by atoms with Gasteiger partial charge >= 0.3 is 0 Å². The molecule has 0 fully saturated rings. The minimum absolute atomic E-state index is 0.166. The lowest BCUT2D eigenvalue weighted by atomic mass is 10.3. The van der Waals surface area contributed by atoms with Gasteiger partial charge in [-0.1, -0.05) is 23.2 Å². The molecule has 6 heteroatoms. The maximum absolute atomic E-state index is 9.69. The fraction of sp³-hybridized carbons (Fsp3) is 0.538. The van der Waals surface area contributed by atoms with Gasteiger partial charge in [0.05, 0.1) is 16.1 Å². The Labute approximate surface area is 123 Å². The van der Waals surface area contributed by atoms with Crippen molar-refractivity contribution < 1.29 is 14.9 Å². The van der Waals surface area contributed by atoms with E-state index in [4.69, 9.17) is 33.0 Å². The Hall–Kier alpha value is -0.520. The fourth-order valence-corrected chi connectivity index (χ4v) is 1.69. The molecule has 19 heavy (non-hydrogen) atoms. The smallest absolute Gasteiger partial charge is 0.121 e. The number of nitrogens with one attached hydrogen (secondary N) is 1. The molecule has 3 N–H and O–H groups in total. The first kappa shape index (κ1) is 16.5. The minimum atomic E-state index is -0.622. The number of halogens is 2. The number of rotatable bonds is 8. The third kappa shape index (κ3) is 6.99. The first-order valence-electron chi connectivity index (χ1n) is 6.13. The summed E-state index contributed by atoms with van der Waals surface area (Å²) in [4.78, 5) is 0. The summed E-state index contributed by atoms with van der Waals surface area (Å²) in [5.41, 5.74) is 0. The quantitative estimate of drug-likeness (QED) is 0.644. The molecule has 0 saturated heterocycles. The molecule has 0 aliphatic rings. The Balaban J connectivity index is 2.22. The van der Waals surface area contributed by atoms with Crippen LogP contribution in [0.2, 0.25) is 10.0 Å². The minimum Gasteiger partial charge on any atom is -0.491 e. The monoisotopic (exact) mass is 307 g/mol. The van der Waals surface area contributed by atoms with E-state index < -0.39 is 6.10 Å². The van der Waals surface area contributed by atoms with Crippen LogP contribution in [0.25, 0.3) is 0 Å². The number of aliphatic hydroxyl groups excluding tert-OH is 2. The van der Waals surface area contributed by atoms with E-state index in [0.29, 0.717) is 35.3 Å². The van der Waals surface area contributed by atoms with Crippen LogP contribution in [-0.2, 0) is 0 Å². The highest BCUT2D eigenvalue weighted by molar-refractivity contribution is 6.42. The Morgan fingerprint density at radius 1 is 1.26 bits per heavy atom. The lowest BCUT2D eigenvalue weighted by Gasteiger charge is -2.14. The molecule has 0 spiro atoms. The van der Waals surface area contributed by atoms with Crippen molar-refractivity contribution in [1.82, 2.24) is 5.32 Å². The van der Waals surface area contributed by atoms with Crippen LogP contribution in [0.4, 0.5) is 0 Å². The largest absolute Gasteiger partial charge is 0.491 e. The highest BCUT2D eigenvalue weighted by Gasteiger charge is 2.06. The van der Waals surface area contributed by atoms with E-state index in [1.54, 1.807) is 25.1 Å². The summed E-state index contributed by atoms with van der Waals surface area (Å²) in [6, 6.07) is 4.95. The van der Waals surface area contributed by atoms with E-state index in [2.05, 4.69) is 5.32 Å². The summed E-state index contributed by atoms with van der Waals surface area (Å²) >= 11 is 11.6. The van der Waals surface area contributed by atoms with Crippen molar-refractivity contribution in [2.45, 2.75) is 25.6 Å². The summed E-state index contributed by atoms with van der Waals surface area (Å²) in [7, 11) is 0. The van der Waals surface area contributed by atoms with E-state index in [-0.39, 0.29) is 12.7 Å². The second-order valence-corrected chi connectivity index (χ2v) is 5.20. The van der Waals surface area contributed by atoms with Crippen molar-refractivity contribution in [3.8, 4) is 5.75 Å². The number of benzene rings is 1. The molecule has 1 rings (SSSR count). The lowest BCUT2D eigenvalue weighted by molar-refractivity contribution is 0.104. The fourth-order valence-electron chi connectivity index (χ4n) is 1.40. The molecule has 1 aromatic rings. The second kappa shape index (κ2) is 8.61. The molecular weight excluding hydrogens is 289 g/mol. The van der Waals surface area contributed by atoms with Crippen LogP contribution in [-0.4, -0.2) is 42.1 Å². The lowest BCUT2D eigenvalue weighted by Crippen LogP contribution is -2.32. The van der Waals surface area contributed by atoms with Crippen molar-refractivity contribution in [3.63, 3.8) is 0 Å². The van der Waals surface area contributed by atoms with Crippen molar-refractivity contribution in [3.05, 3.63) is 28.2 Å². The molecule has 0 aromatic heterocycles. The van der Waals surface area contributed by atoms with Crippen LogP contribution >= 0.6 is 23.2 Å². The van der Waals surface area contributed by atoms with Crippen molar-refractivity contribution in [2.24, 2.45) is 0 Å². The molecule has 0 saturated carbocycles. The summed E-state index contributed by atoms with van der Waals surface area (Å²) in [6.45, 7) is 2.96. The van der Waals surface area contributed by atoms with Crippen molar-refractivity contribution >= 4 is 23.2 Å². The standard InChI is InChI=1S/C13H19Cl2NO3/c1-9(17)4-5-16-7-10(18)8-19-11-2-3-12(14)13(15)6-11/h2-3,6,9-10,16-18H,4-5,7-8H2,1H3. The van der Waals surface area contributed by atoms with Crippen molar-refractivity contribution in [1.29, 1.82) is 0 Å². The summed E-state index contributed by atoms with van der Waals surface area (Å²) < 4.78 is 5.40. The van der Waals surface area contributed by atoms with Crippen LogP contribution in [0.5, 0.6) is 5.75 Å². The van der Waals surface area contributed by atoms with Gasteiger partial charge in [0.15, 0.2) is 0 Å². The van der Waals surface area contributed by atoms with Gasteiger partial charge in [-0.2, -0.15) is 0 Å². The zero-order valence-electron chi connectivity index (χ0n) is 10.8. The van der Waals surface area contributed by atoms with Gasteiger partial charge in [-0.05, 0) is 32.0 Å². The van der Waals surface area contributed by atoms with Gasteiger partial charge < -0.3 is 20.3 Å². The second-order valence-electron chi connectivity index (χ2n) is 4.38. The summed E-state index contributed by atoms with van der Waals surface area (Å²) in [5.74, 6) is 0.567. The zero-order valence-corrected chi connectivity index (χ0v) is 12.3. The van der Waals surface area contributed by atoms with Crippen molar-refractivity contribution in [2.75, 3.05) is 19.7 Å². The maximum atomic E-state index is 9.69. The van der Waals surface area contributed by atoms with Gasteiger partial charge in [-0.3, -0.25) is 0 Å². The van der Waals surface area contributed by atoms with E-state index in [1.165, 1.54) is 0 Å². The number of hydrogen-bond donors (Lipinski definition) is 3. The Morgan fingerprint density at radius 3 is 2.63 bits per heavy atom. The van der Waals surface area contributed by atoms with Gasteiger partial charge in [0.25, 0.3) is 0 Å². The topological polar surface area (TPSA) is 61.7 Å². The molecule has 0 aliphatic carbocycles. The van der Waals surface area contributed by atoms with Crippen LogP contribution in [0, 0.1) is 0 Å². The number of aliphatic hydroxyl groups is 2. The average Bonchev–Trinajstić information content (AvgIpc) is 2.36. The Kier molecular flexibility index (Phi) is 7.49. The highest BCUT2D eigenvalue weighted by atomic mass is 35.5. The van der Waals surface area contributed by atoms with E-state index in [1.807, 2.05) is 0 Å². The van der Waals surface area contributed by atoms with Crippen LogP contribution < -0.4 is 10.1 Å². The molecular formula is C13H19Cl2NO3. The molecule has 0 heterocycles. The normalized spacial score (nSPS) is 14.2. The number of hydrogen-bond acceptors (Lipinski definition) is 4. The van der Waals surface area contributed by atoms with E-state index in [0.717, 1.165) is 0 Å². The summed E-state index contributed by atoms with van der Waals surface area (Å²) in [6.07, 6.45) is -0.305. The molecule has 108 valence electrons. The third-order valence-corrected chi connectivity index (χ3v) is 3.19. The Morgan fingerprint density at radius 2 is 2.00 bits per heavy atom. The first-order chi connectivity index (χ1) is 8.99. The highest BCUT2D eigenvalue weighted by Crippen LogP contribution is 2.26. The Bertz CT molecular complexity index is 388. The molecule has 1 aromatic carbocycles. The van der Waals surface area contributed by atoms with Gasteiger partial charge in [-0.25, -0.2) is 0 Å². The van der Waals surface area contributed by atoms with Gasteiger partial charge in [0.2, 0.25) is 0 Å². The van der Waals surface area contributed by atoms with Gasteiger partial charge in [0, 0.05) is 12.6 Å². The maximum Gasteiger partial charge on any atom is 0.121 e. The predicted octanol–water partition coefficient (Wildman–Crippen LogP) is 2.09. The van der Waals surface area contributed by atoms with Gasteiger partial charge in [0.1, 0.15) is 18.5 Å². The van der Waals surface area contributed by atoms with Crippen LogP contribution in [0.3, 0.4) is 0 Å². The zero-order chi connectivity index (χ0) is 14.3. The van der Waals surface area contributed by atoms with E-state index in [9.17, 15) is 5.11 Å². The van der Waals surface area contributed by atoms with Crippen LogP contribution in [0.15, 0.2) is 18.2 Å². The van der Waals surface area contributed by atoms with E-state index >= 15 is 0 Å². The van der Waals surface area contributed by atoms with Gasteiger partial charge in [-0.15, -0.1) is 0 Å². The average molecular weight is 308 g/mol. The number of ether oxygens (including phenoxy) is 1. The molecule has 2 unspecified atom stereocenters. The SMILES string of the molecule is CC(O)CCNCC(O)COc1ccc(Cl)c(Cl)c1.